The van der Waals surface area contributed by atoms with E-state index in [0.717, 1.165) is 24.5 Å². The second kappa shape index (κ2) is 5.04. The molecule has 3 nitrogen and oxygen atoms in total. The van der Waals surface area contributed by atoms with Crippen LogP contribution in [0.15, 0.2) is 12.3 Å². The van der Waals surface area contributed by atoms with Gasteiger partial charge in [-0.3, -0.25) is 0 Å². The minimum atomic E-state index is 0.665. The predicted molar refractivity (Wildman–Crippen MR) is 56.2 cm³/mol. The van der Waals surface area contributed by atoms with Crippen LogP contribution in [0.5, 0.6) is 0 Å². The van der Waals surface area contributed by atoms with E-state index < -0.39 is 0 Å². The van der Waals surface area contributed by atoms with E-state index in [4.69, 9.17) is 11.6 Å². The average Bonchev–Trinajstić information content (AvgIpc) is 2.15. The van der Waals surface area contributed by atoms with Gasteiger partial charge in [0.25, 0.3) is 0 Å². The van der Waals surface area contributed by atoms with Gasteiger partial charge in [-0.15, -0.1) is 0 Å². The summed E-state index contributed by atoms with van der Waals surface area (Å²) in [4.78, 5) is 4.17. The number of nitrogens with zero attached hydrogens (tertiary/aromatic N) is 1. The normalized spacial score (nSPS) is 10.1. The summed E-state index contributed by atoms with van der Waals surface area (Å²) in [5.74, 6) is 0.724. The zero-order valence-corrected chi connectivity index (χ0v) is 8.65. The molecule has 2 N–H and O–H groups in total. The Kier molecular flexibility index (Phi) is 3.99. The van der Waals surface area contributed by atoms with Crippen molar-refractivity contribution in [2.24, 2.45) is 0 Å². The van der Waals surface area contributed by atoms with Gasteiger partial charge in [-0.25, -0.2) is 4.98 Å². The van der Waals surface area contributed by atoms with Crippen LogP contribution in [-0.2, 0) is 6.54 Å². The van der Waals surface area contributed by atoms with Crippen molar-refractivity contribution in [3.8, 4) is 0 Å². The van der Waals surface area contributed by atoms with Crippen molar-refractivity contribution in [3.63, 3.8) is 0 Å². The summed E-state index contributed by atoms with van der Waals surface area (Å²) in [5, 5.41) is 6.79. The Morgan fingerprint density at radius 1 is 1.54 bits per heavy atom. The van der Waals surface area contributed by atoms with Gasteiger partial charge in [-0.05, 0) is 18.2 Å². The van der Waals surface area contributed by atoms with Gasteiger partial charge in [0.15, 0.2) is 0 Å². The van der Waals surface area contributed by atoms with E-state index >= 15 is 0 Å². The van der Waals surface area contributed by atoms with Crippen molar-refractivity contribution in [1.29, 1.82) is 0 Å². The molecule has 0 aliphatic rings. The molecule has 1 aromatic rings. The molecule has 4 heteroatoms. The first kappa shape index (κ1) is 10.3. The molecule has 0 unspecified atom stereocenters. The minimum absolute atomic E-state index is 0.665. The first-order valence-corrected chi connectivity index (χ1v) is 4.68. The Morgan fingerprint density at radius 2 is 2.31 bits per heavy atom. The molecule has 0 amide bonds. The first-order valence-electron chi connectivity index (χ1n) is 4.30. The SMILES string of the molecule is CCNCc1cnc(NC)c(Cl)c1. The van der Waals surface area contributed by atoms with Crippen molar-refractivity contribution in [2.45, 2.75) is 13.5 Å². The number of pyridine rings is 1. The second-order valence-corrected chi connectivity index (χ2v) is 3.11. The van der Waals surface area contributed by atoms with Crippen LogP contribution in [0, 0.1) is 0 Å². The number of halogens is 1. The molecule has 1 aromatic heterocycles. The number of hydrogen-bond donors (Lipinski definition) is 2. The number of rotatable bonds is 4. The van der Waals surface area contributed by atoms with E-state index in [9.17, 15) is 0 Å². The molecule has 0 atom stereocenters. The highest BCUT2D eigenvalue weighted by Gasteiger charge is 2.00. The summed E-state index contributed by atoms with van der Waals surface area (Å²) in [6, 6.07) is 1.92. The highest BCUT2D eigenvalue weighted by molar-refractivity contribution is 6.32. The molecule has 1 rings (SSSR count). The molecule has 0 saturated heterocycles. The monoisotopic (exact) mass is 199 g/mol. The van der Waals surface area contributed by atoms with Gasteiger partial charge in [-0.2, -0.15) is 0 Å². The van der Waals surface area contributed by atoms with Gasteiger partial charge in [0.2, 0.25) is 0 Å². The summed E-state index contributed by atoms with van der Waals surface area (Å²) in [6.07, 6.45) is 1.82. The average molecular weight is 200 g/mol. The Morgan fingerprint density at radius 3 is 2.85 bits per heavy atom. The molecular weight excluding hydrogens is 186 g/mol. The maximum absolute atomic E-state index is 5.96. The fraction of sp³-hybridized carbons (Fsp3) is 0.444. The van der Waals surface area contributed by atoms with Crippen molar-refractivity contribution in [1.82, 2.24) is 10.3 Å². The summed E-state index contributed by atoms with van der Waals surface area (Å²) >= 11 is 5.96. The molecule has 1 heterocycles. The van der Waals surface area contributed by atoms with Crippen LogP contribution in [0.4, 0.5) is 5.82 Å². The second-order valence-electron chi connectivity index (χ2n) is 2.70. The Balaban J connectivity index is 2.71. The van der Waals surface area contributed by atoms with E-state index in [1.807, 2.05) is 12.3 Å². The topological polar surface area (TPSA) is 37.0 Å². The lowest BCUT2D eigenvalue weighted by Crippen LogP contribution is -2.12. The van der Waals surface area contributed by atoms with E-state index in [-0.39, 0.29) is 0 Å². The molecule has 0 bridgehead atoms. The largest absolute Gasteiger partial charge is 0.372 e. The minimum Gasteiger partial charge on any atom is -0.372 e. The lowest BCUT2D eigenvalue weighted by Gasteiger charge is -2.05. The summed E-state index contributed by atoms with van der Waals surface area (Å²) in [6.45, 7) is 3.83. The van der Waals surface area contributed by atoms with Gasteiger partial charge in [0.05, 0.1) is 5.02 Å². The fourth-order valence-electron chi connectivity index (χ4n) is 1.03. The van der Waals surface area contributed by atoms with Gasteiger partial charge in [0, 0.05) is 19.8 Å². The molecule has 0 saturated carbocycles. The van der Waals surface area contributed by atoms with Crippen molar-refractivity contribution >= 4 is 17.4 Å². The molecular formula is C9H14ClN3. The van der Waals surface area contributed by atoms with Crippen molar-refractivity contribution in [3.05, 3.63) is 22.8 Å². The molecule has 0 aliphatic carbocycles. The van der Waals surface area contributed by atoms with Gasteiger partial charge < -0.3 is 10.6 Å². The van der Waals surface area contributed by atoms with Crippen LogP contribution >= 0.6 is 11.6 Å². The van der Waals surface area contributed by atoms with Crippen molar-refractivity contribution < 1.29 is 0 Å². The highest BCUT2D eigenvalue weighted by atomic mass is 35.5. The van der Waals surface area contributed by atoms with Crippen LogP contribution < -0.4 is 10.6 Å². The Hall–Kier alpha value is -0.800. The Labute approximate surface area is 83.5 Å². The van der Waals surface area contributed by atoms with Gasteiger partial charge in [0.1, 0.15) is 5.82 Å². The smallest absolute Gasteiger partial charge is 0.144 e. The predicted octanol–water partition coefficient (Wildman–Crippen LogP) is 1.89. The van der Waals surface area contributed by atoms with Gasteiger partial charge in [-0.1, -0.05) is 18.5 Å². The van der Waals surface area contributed by atoms with E-state index in [0.29, 0.717) is 5.02 Å². The molecule has 13 heavy (non-hydrogen) atoms. The summed E-state index contributed by atoms with van der Waals surface area (Å²) < 4.78 is 0. The maximum Gasteiger partial charge on any atom is 0.144 e. The lowest BCUT2D eigenvalue weighted by atomic mass is 10.3. The molecule has 0 aliphatic heterocycles. The summed E-state index contributed by atoms with van der Waals surface area (Å²) in [5.41, 5.74) is 1.10. The van der Waals surface area contributed by atoms with E-state index in [2.05, 4.69) is 22.5 Å². The van der Waals surface area contributed by atoms with Gasteiger partial charge >= 0.3 is 0 Å². The zero-order chi connectivity index (χ0) is 9.68. The third-order valence-corrected chi connectivity index (χ3v) is 2.00. The maximum atomic E-state index is 5.96. The Bertz CT molecular complexity index is 276. The number of aromatic nitrogens is 1. The fourth-order valence-corrected chi connectivity index (χ4v) is 1.31. The lowest BCUT2D eigenvalue weighted by molar-refractivity contribution is 0.724. The van der Waals surface area contributed by atoms with E-state index in [1.165, 1.54) is 0 Å². The van der Waals surface area contributed by atoms with Crippen LogP contribution in [-0.4, -0.2) is 18.6 Å². The van der Waals surface area contributed by atoms with Crippen LogP contribution in [0.1, 0.15) is 12.5 Å². The molecule has 0 fully saturated rings. The molecule has 72 valence electrons. The number of hydrogen-bond acceptors (Lipinski definition) is 3. The van der Waals surface area contributed by atoms with E-state index in [1.54, 1.807) is 7.05 Å². The van der Waals surface area contributed by atoms with Crippen LogP contribution in [0.2, 0.25) is 5.02 Å². The van der Waals surface area contributed by atoms with Crippen LogP contribution in [0.25, 0.3) is 0 Å². The van der Waals surface area contributed by atoms with Crippen molar-refractivity contribution in [2.75, 3.05) is 18.9 Å². The molecule has 0 spiro atoms. The quantitative estimate of drug-likeness (QED) is 0.778. The summed E-state index contributed by atoms with van der Waals surface area (Å²) in [7, 11) is 1.80. The highest BCUT2D eigenvalue weighted by Crippen LogP contribution is 2.18. The van der Waals surface area contributed by atoms with Crippen LogP contribution in [0.3, 0.4) is 0 Å². The third-order valence-electron chi connectivity index (χ3n) is 1.71. The zero-order valence-electron chi connectivity index (χ0n) is 7.89. The molecule has 0 aromatic carbocycles. The third kappa shape index (κ3) is 2.86. The number of anilines is 1. The number of nitrogens with one attached hydrogen (secondary N) is 2. The molecule has 0 radical (unpaired) electrons. The first-order chi connectivity index (χ1) is 6.27. The standard InChI is InChI=1S/C9H14ClN3/c1-3-12-5-7-4-8(10)9(11-2)13-6-7/h4,6,12H,3,5H2,1-2H3,(H,11,13).